The van der Waals surface area contributed by atoms with Crippen molar-refractivity contribution in [3.8, 4) is 0 Å². The van der Waals surface area contributed by atoms with Crippen molar-refractivity contribution in [2.45, 2.75) is 60.4 Å². The number of hydrogen-bond acceptors (Lipinski definition) is 2. The molecule has 3 nitrogen and oxygen atoms in total. The van der Waals surface area contributed by atoms with Crippen molar-refractivity contribution in [2.24, 2.45) is 5.92 Å². The van der Waals surface area contributed by atoms with Gasteiger partial charge in [0.2, 0.25) is 0 Å². The standard InChI is InChI=1S/C14H21NO2.2C2H6/c1-10(12(3)15-14(16)17-4)11(2)13-8-6-5-7-9-13;2*1-2/h5-12H,1-4H3,(H,15,16);2*1-2H3. The Morgan fingerprint density at radius 3 is 1.90 bits per heavy atom. The minimum absolute atomic E-state index is 0.0812. The normalized spacial score (nSPS) is 13.3. The Morgan fingerprint density at radius 1 is 1.00 bits per heavy atom. The Bertz CT molecular complexity index is 351. The Morgan fingerprint density at radius 2 is 1.48 bits per heavy atom. The number of benzene rings is 1. The Kier molecular flexibility index (Phi) is 14.0. The Labute approximate surface area is 131 Å². The van der Waals surface area contributed by atoms with E-state index in [0.717, 1.165) is 0 Å². The largest absolute Gasteiger partial charge is 0.453 e. The summed E-state index contributed by atoms with van der Waals surface area (Å²) in [5.41, 5.74) is 1.29. The molecule has 1 N–H and O–H groups in total. The van der Waals surface area contributed by atoms with Gasteiger partial charge >= 0.3 is 6.09 Å². The highest BCUT2D eigenvalue weighted by molar-refractivity contribution is 5.67. The van der Waals surface area contributed by atoms with Gasteiger partial charge in [-0.2, -0.15) is 0 Å². The first kappa shape index (κ1) is 21.8. The van der Waals surface area contributed by atoms with Crippen LogP contribution in [0.2, 0.25) is 0 Å². The highest BCUT2D eigenvalue weighted by Gasteiger charge is 2.21. The summed E-state index contributed by atoms with van der Waals surface area (Å²) < 4.78 is 4.61. The number of ether oxygens (including phenoxy) is 1. The van der Waals surface area contributed by atoms with Gasteiger partial charge in [-0.3, -0.25) is 0 Å². The molecule has 1 rings (SSSR count). The van der Waals surface area contributed by atoms with Crippen molar-refractivity contribution in [1.29, 1.82) is 0 Å². The summed E-state index contributed by atoms with van der Waals surface area (Å²) in [5.74, 6) is 0.736. The SMILES string of the molecule is CC.CC.COC(=O)NC(C)C(C)C(C)c1ccccc1. The predicted octanol–water partition coefficient (Wildman–Crippen LogP) is 5.22. The van der Waals surface area contributed by atoms with Crippen LogP contribution < -0.4 is 5.32 Å². The molecule has 0 heterocycles. The fourth-order valence-electron chi connectivity index (χ4n) is 1.87. The molecule has 0 aliphatic rings. The van der Waals surface area contributed by atoms with Crippen LogP contribution in [0.4, 0.5) is 4.79 Å². The number of hydrogen-bond donors (Lipinski definition) is 1. The zero-order valence-corrected chi connectivity index (χ0v) is 14.9. The van der Waals surface area contributed by atoms with Crippen molar-refractivity contribution < 1.29 is 9.53 Å². The van der Waals surface area contributed by atoms with Gasteiger partial charge in [0.1, 0.15) is 0 Å². The second kappa shape index (κ2) is 13.5. The maximum absolute atomic E-state index is 11.2. The van der Waals surface area contributed by atoms with Gasteiger partial charge in [0.25, 0.3) is 0 Å². The topological polar surface area (TPSA) is 38.3 Å². The van der Waals surface area contributed by atoms with Crippen molar-refractivity contribution in [3.05, 3.63) is 35.9 Å². The van der Waals surface area contributed by atoms with E-state index in [9.17, 15) is 4.79 Å². The minimum atomic E-state index is -0.371. The average molecular weight is 295 g/mol. The predicted molar refractivity (Wildman–Crippen MR) is 91.7 cm³/mol. The molecule has 1 amide bonds. The van der Waals surface area contributed by atoms with Crippen LogP contribution in [0.1, 0.15) is 59.9 Å². The minimum Gasteiger partial charge on any atom is -0.453 e. The molecule has 0 saturated carbocycles. The van der Waals surface area contributed by atoms with Crippen molar-refractivity contribution in [3.63, 3.8) is 0 Å². The maximum atomic E-state index is 11.2. The summed E-state index contributed by atoms with van der Waals surface area (Å²) in [7, 11) is 1.38. The third-order valence-electron chi connectivity index (χ3n) is 3.43. The monoisotopic (exact) mass is 295 g/mol. The molecule has 0 fully saturated rings. The molecule has 0 aliphatic carbocycles. The molecular weight excluding hydrogens is 262 g/mol. The molecule has 0 saturated heterocycles. The van der Waals surface area contributed by atoms with Crippen LogP contribution in [-0.4, -0.2) is 19.2 Å². The van der Waals surface area contributed by atoms with Gasteiger partial charge in [-0.05, 0) is 24.3 Å². The summed E-state index contributed by atoms with van der Waals surface area (Å²) in [6.45, 7) is 14.3. The van der Waals surface area contributed by atoms with Gasteiger partial charge in [-0.25, -0.2) is 4.79 Å². The summed E-state index contributed by atoms with van der Waals surface area (Å²) in [5, 5.41) is 2.82. The van der Waals surface area contributed by atoms with Crippen LogP contribution in [0.5, 0.6) is 0 Å². The zero-order chi connectivity index (χ0) is 16.8. The quantitative estimate of drug-likeness (QED) is 0.826. The first-order valence-corrected chi connectivity index (χ1v) is 7.95. The molecule has 122 valence electrons. The average Bonchev–Trinajstić information content (AvgIpc) is 2.57. The van der Waals surface area contributed by atoms with E-state index >= 15 is 0 Å². The summed E-state index contributed by atoms with van der Waals surface area (Å²) in [4.78, 5) is 11.2. The van der Waals surface area contributed by atoms with Gasteiger partial charge in [0, 0.05) is 6.04 Å². The third-order valence-corrected chi connectivity index (χ3v) is 3.43. The summed E-state index contributed by atoms with van der Waals surface area (Å²) in [6, 6.07) is 10.4. The van der Waals surface area contributed by atoms with Crippen LogP contribution in [0, 0.1) is 5.92 Å². The lowest BCUT2D eigenvalue weighted by Crippen LogP contribution is -2.38. The van der Waals surface area contributed by atoms with Crippen molar-refractivity contribution >= 4 is 6.09 Å². The number of carbonyl (C=O) groups is 1. The Balaban J connectivity index is 0. The maximum Gasteiger partial charge on any atom is 0.407 e. The first-order valence-electron chi connectivity index (χ1n) is 7.95. The van der Waals surface area contributed by atoms with E-state index in [1.807, 2.05) is 52.8 Å². The van der Waals surface area contributed by atoms with Gasteiger partial charge in [-0.1, -0.05) is 71.9 Å². The second-order valence-electron chi connectivity index (χ2n) is 4.48. The summed E-state index contributed by atoms with van der Waals surface area (Å²) in [6.07, 6.45) is -0.371. The number of alkyl carbamates (subject to hydrolysis) is 1. The van der Waals surface area contributed by atoms with E-state index in [4.69, 9.17) is 0 Å². The van der Waals surface area contributed by atoms with Crippen LogP contribution in [-0.2, 0) is 4.74 Å². The van der Waals surface area contributed by atoms with Crippen LogP contribution in [0.15, 0.2) is 30.3 Å². The fourth-order valence-corrected chi connectivity index (χ4v) is 1.87. The molecule has 3 unspecified atom stereocenters. The first-order chi connectivity index (χ1) is 10.1. The van der Waals surface area contributed by atoms with E-state index < -0.39 is 0 Å². The molecule has 0 bridgehead atoms. The van der Waals surface area contributed by atoms with Crippen LogP contribution >= 0.6 is 0 Å². The molecule has 3 heteroatoms. The summed E-state index contributed by atoms with van der Waals surface area (Å²) >= 11 is 0. The lowest BCUT2D eigenvalue weighted by atomic mass is 9.84. The molecule has 1 aromatic rings. The van der Waals surface area contributed by atoms with E-state index in [0.29, 0.717) is 11.8 Å². The lowest BCUT2D eigenvalue weighted by molar-refractivity contribution is 0.162. The van der Waals surface area contributed by atoms with E-state index in [2.05, 4.69) is 36.0 Å². The van der Waals surface area contributed by atoms with Gasteiger partial charge in [0.05, 0.1) is 7.11 Å². The lowest BCUT2D eigenvalue weighted by Gasteiger charge is -2.26. The number of methoxy groups -OCH3 is 1. The van der Waals surface area contributed by atoms with Crippen molar-refractivity contribution in [2.75, 3.05) is 7.11 Å². The number of amides is 1. The molecule has 0 spiro atoms. The zero-order valence-electron chi connectivity index (χ0n) is 14.9. The van der Waals surface area contributed by atoms with Crippen LogP contribution in [0.25, 0.3) is 0 Å². The molecule has 0 radical (unpaired) electrons. The third kappa shape index (κ3) is 8.38. The molecule has 1 aromatic carbocycles. The van der Waals surface area contributed by atoms with Crippen molar-refractivity contribution in [1.82, 2.24) is 5.32 Å². The molecule has 0 aliphatic heterocycles. The van der Waals surface area contributed by atoms with Gasteiger partial charge in [-0.15, -0.1) is 0 Å². The van der Waals surface area contributed by atoms with E-state index in [1.54, 1.807) is 0 Å². The molecule has 3 atom stereocenters. The number of nitrogens with one attached hydrogen (secondary N) is 1. The smallest absolute Gasteiger partial charge is 0.407 e. The number of carbonyl (C=O) groups excluding carboxylic acids is 1. The molecular formula is C18H33NO2. The number of rotatable bonds is 4. The van der Waals surface area contributed by atoms with Crippen LogP contribution in [0.3, 0.4) is 0 Å². The van der Waals surface area contributed by atoms with Gasteiger partial charge in [0.15, 0.2) is 0 Å². The van der Waals surface area contributed by atoms with E-state index in [1.165, 1.54) is 12.7 Å². The highest BCUT2D eigenvalue weighted by Crippen LogP contribution is 2.26. The molecule has 0 aromatic heterocycles. The van der Waals surface area contributed by atoms with E-state index in [-0.39, 0.29) is 12.1 Å². The molecule has 21 heavy (non-hydrogen) atoms. The second-order valence-corrected chi connectivity index (χ2v) is 4.48. The Hall–Kier alpha value is -1.51. The van der Waals surface area contributed by atoms with Gasteiger partial charge < -0.3 is 10.1 Å². The highest BCUT2D eigenvalue weighted by atomic mass is 16.5. The fraction of sp³-hybridized carbons (Fsp3) is 0.611.